The average Bonchev–Trinajstić information content (AvgIpc) is 3.29. The highest BCUT2D eigenvalue weighted by Crippen LogP contribution is 2.34. The van der Waals surface area contributed by atoms with E-state index >= 15 is 0 Å². The van der Waals surface area contributed by atoms with E-state index in [0.29, 0.717) is 30.3 Å². The summed E-state index contributed by atoms with van der Waals surface area (Å²) in [5.41, 5.74) is 1.15. The fraction of sp³-hybridized carbons (Fsp3) is 0.375. The molecule has 1 aromatic heterocycles. The van der Waals surface area contributed by atoms with Crippen molar-refractivity contribution in [2.24, 2.45) is 0 Å². The van der Waals surface area contributed by atoms with Gasteiger partial charge in [0.25, 0.3) is 5.91 Å². The van der Waals surface area contributed by atoms with Gasteiger partial charge in [-0.3, -0.25) is 9.89 Å². The summed E-state index contributed by atoms with van der Waals surface area (Å²) in [6.07, 6.45) is 0. The van der Waals surface area contributed by atoms with Gasteiger partial charge in [0.2, 0.25) is 16.8 Å². The maximum absolute atomic E-state index is 12.8. The zero-order valence-electron chi connectivity index (χ0n) is 14.1. The van der Waals surface area contributed by atoms with Crippen LogP contribution >= 0.6 is 0 Å². The molecule has 138 valence electrons. The van der Waals surface area contributed by atoms with E-state index in [1.165, 1.54) is 16.4 Å². The second-order valence-corrected chi connectivity index (χ2v) is 8.09. The molecule has 1 aromatic carbocycles. The van der Waals surface area contributed by atoms with E-state index in [0.717, 1.165) is 5.69 Å². The normalized spacial score (nSPS) is 17.5. The summed E-state index contributed by atoms with van der Waals surface area (Å²) in [5, 5.41) is 6.70. The van der Waals surface area contributed by atoms with E-state index < -0.39 is 10.0 Å². The molecule has 26 heavy (non-hydrogen) atoms. The number of benzene rings is 1. The van der Waals surface area contributed by atoms with Crippen LogP contribution in [0, 0.1) is 6.92 Å². The lowest BCUT2D eigenvalue weighted by Gasteiger charge is -2.33. The lowest BCUT2D eigenvalue weighted by atomic mass is 10.3. The van der Waals surface area contributed by atoms with Crippen LogP contribution < -0.4 is 9.47 Å². The van der Waals surface area contributed by atoms with Gasteiger partial charge in [0.1, 0.15) is 5.69 Å². The minimum absolute atomic E-state index is 0.0896. The van der Waals surface area contributed by atoms with Crippen molar-refractivity contribution < 1.29 is 22.7 Å². The SMILES string of the molecule is Cc1cc(C(=O)N2CCN(S(=O)(=O)c3ccc4c(c3)OCO4)CC2)n[nH]1. The predicted octanol–water partition coefficient (Wildman–Crippen LogP) is 0.594. The third kappa shape index (κ3) is 2.90. The number of nitrogens with one attached hydrogen (secondary N) is 1. The Balaban J connectivity index is 1.46. The lowest BCUT2D eigenvalue weighted by molar-refractivity contribution is 0.0692. The molecule has 0 spiro atoms. The van der Waals surface area contributed by atoms with Crippen molar-refractivity contribution >= 4 is 15.9 Å². The van der Waals surface area contributed by atoms with Crippen LogP contribution in [-0.4, -0.2) is 66.7 Å². The highest BCUT2D eigenvalue weighted by Gasteiger charge is 2.32. The maximum atomic E-state index is 12.8. The summed E-state index contributed by atoms with van der Waals surface area (Å²) in [4.78, 5) is 14.2. The molecular weight excluding hydrogens is 360 g/mol. The largest absolute Gasteiger partial charge is 0.454 e. The Bertz CT molecular complexity index is 947. The topological polar surface area (TPSA) is 105 Å². The number of aromatic amines is 1. The first-order chi connectivity index (χ1) is 12.4. The summed E-state index contributed by atoms with van der Waals surface area (Å²) < 4.78 is 37.5. The molecule has 0 atom stereocenters. The lowest BCUT2D eigenvalue weighted by Crippen LogP contribution is -2.50. The quantitative estimate of drug-likeness (QED) is 0.838. The summed E-state index contributed by atoms with van der Waals surface area (Å²) in [5.74, 6) is 0.761. The summed E-state index contributed by atoms with van der Waals surface area (Å²) in [7, 11) is -3.66. The van der Waals surface area contributed by atoms with Crippen LogP contribution in [0.4, 0.5) is 0 Å². The van der Waals surface area contributed by atoms with E-state index in [-0.39, 0.29) is 30.7 Å². The number of carbonyl (C=O) groups is 1. The van der Waals surface area contributed by atoms with E-state index in [2.05, 4.69) is 10.2 Å². The molecule has 9 nitrogen and oxygen atoms in total. The Morgan fingerprint density at radius 2 is 1.85 bits per heavy atom. The molecule has 2 aliphatic rings. The average molecular weight is 378 g/mol. The van der Waals surface area contributed by atoms with Crippen molar-refractivity contribution in [2.45, 2.75) is 11.8 Å². The fourth-order valence-corrected chi connectivity index (χ4v) is 4.45. The van der Waals surface area contributed by atoms with Crippen LogP contribution in [0.25, 0.3) is 0 Å². The molecule has 2 aromatic rings. The van der Waals surface area contributed by atoms with Crippen molar-refractivity contribution in [2.75, 3.05) is 33.0 Å². The number of sulfonamides is 1. The van der Waals surface area contributed by atoms with Crippen LogP contribution in [0.15, 0.2) is 29.2 Å². The third-order valence-corrected chi connectivity index (χ3v) is 6.33. The van der Waals surface area contributed by atoms with Crippen molar-refractivity contribution in [3.63, 3.8) is 0 Å². The van der Waals surface area contributed by atoms with Crippen molar-refractivity contribution in [1.29, 1.82) is 0 Å². The highest BCUT2D eigenvalue weighted by molar-refractivity contribution is 7.89. The first kappa shape index (κ1) is 16.9. The van der Waals surface area contributed by atoms with Crippen LogP contribution in [0.1, 0.15) is 16.2 Å². The first-order valence-corrected chi connectivity index (χ1v) is 9.60. The number of ether oxygens (including phenoxy) is 2. The van der Waals surface area contributed by atoms with Crippen molar-refractivity contribution in [1.82, 2.24) is 19.4 Å². The van der Waals surface area contributed by atoms with Gasteiger partial charge in [-0.1, -0.05) is 0 Å². The number of nitrogens with zero attached hydrogens (tertiary/aromatic N) is 3. The molecule has 1 fully saturated rings. The number of piperazine rings is 1. The number of hydrogen-bond donors (Lipinski definition) is 1. The number of H-pyrrole nitrogens is 1. The third-order valence-electron chi connectivity index (χ3n) is 4.43. The second-order valence-electron chi connectivity index (χ2n) is 6.15. The number of amides is 1. The number of aromatic nitrogens is 2. The molecule has 0 bridgehead atoms. The molecule has 0 unspecified atom stereocenters. The van der Waals surface area contributed by atoms with E-state index in [1.54, 1.807) is 17.0 Å². The minimum Gasteiger partial charge on any atom is -0.454 e. The molecule has 0 radical (unpaired) electrons. The Hall–Kier alpha value is -2.59. The summed E-state index contributed by atoms with van der Waals surface area (Å²) in [6.45, 7) is 2.99. The molecule has 10 heteroatoms. The maximum Gasteiger partial charge on any atom is 0.274 e. The highest BCUT2D eigenvalue weighted by atomic mass is 32.2. The van der Waals surface area contributed by atoms with Crippen LogP contribution in [0.5, 0.6) is 11.5 Å². The Labute approximate surface area is 150 Å². The zero-order valence-corrected chi connectivity index (χ0v) is 15.0. The molecule has 0 aliphatic carbocycles. The second kappa shape index (κ2) is 6.29. The predicted molar refractivity (Wildman–Crippen MR) is 90.6 cm³/mol. The molecule has 2 aliphatic heterocycles. The Kier molecular flexibility index (Phi) is 4.08. The number of carbonyl (C=O) groups excluding carboxylic acids is 1. The van der Waals surface area contributed by atoms with Gasteiger partial charge < -0.3 is 14.4 Å². The van der Waals surface area contributed by atoms with E-state index in [9.17, 15) is 13.2 Å². The van der Waals surface area contributed by atoms with Gasteiger partial charge in [0.15, 0.2) is 11.5 Å². The molecule has 1 amide bonds. The number of hydrogen-bond acceptors (Lipinski definition) is 6. The van der Waals surface area contributed by atoms with E-state index in [4.69, 9.17) is 9.47 Å². The standard InChI is InChI=1S/C16H18N4O5S/c1-11-8-13(18-17-11)16(21)19-4-6-20(7-5-19)26(22,23)12-2-3-14-15(9-12)25-10-24-14/h2-3,8-9H,4-7,10H2,1H3,(H,17,18). The van der Waals surface area contributed by atoms with Crippen LogP contribution in [0.2, 0.25) is 0 Å². The van der Waals surface area contributed by atoms with Gasteiger partial charge in [0, 0.05) is 37.9 Å². The smallest absolute Gasteiger partial charge is 0.274 e. The van der Waals surface area contributed by atoms with Gasteiger partial charge in [-0.25, -0.2) is 8.42 Å². The van der Waals surface area contributed by atoms with Crippen molar-refractivity contribution in [3.8, 4) is 11.5 Å². The first-order valence-electron chi connectivity index (χ1n) is 8.16. The van der Waals surface area contributed by atoms with Gasteiger partial charge in [-0.2, -0.15) is 9.40 Å². The Morgan fingerprint density at radius 3 is 2.54 bits per heavy atom. The fourth-order valence-electron chi connectivity index (χ4n) is 3.01. The minimum atomic E-state index is -3.66. The summed E-state index contributed by atoms with van der Waals surface area (Å²) in [6, 6.07) is 6.25. The number of aryl methyl sites for hydroxylation is 1. The van der Waals surface area contributed by atoms with E-state index in [1.807, 2.05) is 6.92 Å². The molecule has 1 saturated heterocycles. The molecule has 3 heterocycles. The van der Waals surface area contributed by atoms with Crippen LogP contribution in [0.3, 0.4) is 0 Å². The Morgan fingerprint density at radius 1 is 1.12 bits per heavy atom. The monoisotopic (exact) mass is 378 g/mol. The van der Waals surface area contributed by atoms with Gasteiger partial charge in [-0.05, 0) is 25.1 Å². The van der Waals surface area contributed by atoms with Crippen molar-refractivity contribution in [3.05, 3.63) is 35.7 Å². The van der Waals surface area contributed by atoms with Crippen LogP contribution in [-0.2, 0) is 10.0 Å². The van der Waals surface area contributed by atoms with Gasteiger partial charge >= 0.3 is 0 Å². The molecule has 4 rings (SSSR count). The molecule has 1 N–H and O–H groups in total. The number of rotatable bonds is 3. The summed E-state index contributed by atoms with van der Waals surface area (Å²) >= 11 is 0. The molecular formula is C16H18N4O5S. The van der Waals surface area contributed by atoms with Gasteiger partial charge in [0.05, 0.1) is 4.90 Å². The number of fused-ring (bicyclic) bond motifs is 1. The zero-order chi connectivity index (χ0) is 18.3. The van der Waals surface area contributed by atoms with Gasteiger partial charge in [-0.15, -0.1) is 0 Å². The molecule has 0 saturated carbocycles.